The fourth-order valence-electron chi connectivity index (χ4n) is 4.15. The van der Waals surface area contributed by atoms with Crippen LogP contribution < -0.4 is 14.4 Å². The molecule has 0 saturated carbocycles. The molecule has 5 aromatic rings. The molecule has 0 radical (unpaired) electrons. The number of nitrogens with one attached hydrogen (secondary N) is 1. The Labute approximate surface area is 242 Å². The second-order valence-corrected chi connectivity index (χ2v) is 12.6. The molecule has 0 bridgehead atoms. The van der Waals surface area contributed by atoms with Gasteiger partial charge in [0.15, 0.2) is 0 Å². The molecule has 0 fully saturated rings. The molecule has 7 nitrogen and oxygen atoms in total. The van der Waals surface area contributed by atoms with Gasteiger partial charge in [-0.05, 0) is 86.1 Å². The van der Waals surface area contributed by atoms with Crippen LogP contribution in [0.5, 0.6) is 5.75 Å². The van der Waals surface area contributed by atoms with Gasteiger partial charge in [-0.3, -0.25) is 9.10 Å². The van der Waals surface area contributed by atoms with Crippen LogP contribution in [0, 0.1) is 13.8 Å². The van der Waals surface area contributed by atoms with Gasteiger partial charge in [-0.1, -0.05) is 35.4 Å². The predicted molar refractivity (Wildman–Crippen MR) is 162 cm³/mol. The van der Waals surface area contributed by atoms with Gasteiger partial charge in [0.25, 0.3) is 10.0 Å². The van der Waals surface area contributed by atoms with Crippen LogP contribution >= 0.6 is 22.9 Å². The number of aromatic nitrogens is 1. The van der Waals surface area contributed by atoms with Crippen LogP contribution in [0.2, 0.25) is 5.02 Å². The molecule has 40 heavy (non-hydrogen) atoms. The molecule has 5 rings (SSSR count). The quantitative estimate of drug-likeness (QED) is 0.208. The highest BCUT2D eigenvalue weighted by molar-refractivity contribution is 7.92. The molecule has 0 unspecified atom stereocenters. The fraction of sp³-hybridized carbons (Fsp3) is 0.133. The van der Waals surface area contributed by atoms with Crippen molar-refractivity contribution in [2.45, 2.75) is 18.7 Å². The summed E-state index contributed by atoms with van der Waals surface area (Å²) in [6, 6.07) is 24.5. The lowest BCUT2D eigenvalue weighted by Crippen LogP contribution is -2.38. The van der Waals surface area contributed by atoms with Crippen LogP contribution in [-0.4, -0.2) is 33.0 Å². The van der Waals surface area contributed by atoms with Crippen LogP contribution in [0.15, 0.2) is 89.8 Å². The number of halogens is 1. The van der Waals surface area contributed by atoms with Crippen LogP contribution in [0.3, 0.4) is 0 Å². The number of fused-ring (bicyclic) bond motifs is 1. The molecule has 4 aromatic carbocycles. The van der Waals surface area contributed by atoms with Crippen molar-refractivity contribution in [1.82, 2.24) is 4.98 Å². The van der Waals surface area contributed by atoms with E-state index in [2.05, 4.69) is 11.4 Å². The summed E-state index contributed by atoms with van der Waals surface area (Å²) in [4.78, 5) is 17.9. The number of thiazole rings is 1. The van der Waals surface area contributed by atoms with Gasteiger partial charge in [0.05, 0.1) is 32.9 Å². The number of rotatable bonds is 8. The summed E-state index contributed by atoms with van der Waals surface area (Å²) >= 11 is 7.91. The first-order valence-corrected chi connectivity index (χ1v) is 15.0. The topological polar surface area (TPSA) is 88.6 Å². The zero-order valence-corrected chi connectivity index (χ0v) is 24.4. The van der Waals surface area contributed by atoms with E-state index in [9.17, 15) is 13.2 Å². The molecule has 1 amide bonds. The van der Waals surface area contributed by atoms with E-state index < -0.39 is 22.5 Å². The van der Waals surface area contributed by atoms with Crippen LogP contribution in [0.1, 0.15) is 11.1 Å². The SMILES string of the molecule is COc1ccc(N(CC(=O)Nc2ccc(-c3nc4ccc(C)cc4s3)cc2)S(=O)(=O)c2ccc(C)cc2)cc1Cl. The van der Waals surface area contributed by atoms with E-state index >= 15 is 0 Å². The maximum atomic E-state index is 13.7. The third kappa shape index (κ3) is 5.82. The van der Waals surface area contributed by atoms with Gasteiger partial charge in [-0.15, -0.1) is 11.3 Å². The first-order valence-electron chi connectivity index (χ1n) is 12.3. The maximum Gasteiger partial charge on any atom is 0.264 e. The smallest absolute Gasteiger partial charge is 0.264 e. The maximum absolute atomic E-state index is 13.7. The first kappa shape index (κ1) is 27.6. The van der Waals surface area contributed by atoms with Gasteiger partial charge in [0.2, 0.25) is 5.91 Å². The molecule has 10 heteroatoms. The van der Waals surface area contributed by atoms with Crippen molar-refractivity contribution in [3.8, 4) is 16.3 Å². The van der Waals surface area contributed by atoms with Gasteiger partial charge in [0.1, 0.15) is 17.3 Å². The lowest BCUT2D eigenvalue weighted by molar-refractivity contribution is -0.114. The monoisotopic (exact) mass is 591 g/mol. The van der Waals surface area contributed by atoms with E-state index in [1.807, 2.05) is 38.1 Å². The summed E-state index contributed by atoms with van der Waals surface area (Å²) in [5.74, 6) is -0.114. The highest BCUT2D eigenvalue weighted by Gasteiger charge is 2.28. The normalized spacial score (nSPS) is 11.4. The Morgan fingerprint density at radius 2 is 1.65 bits per heavy atom. The highest BCUT2D eigenvalue weighted by atomic mass is 35.5. The number of carbonyl (C=O) groups excluding carboxylic acids is 1. The number of amides is 1. The average Bonchev–Trinajstić information content (AvgIpc) is 3.35. The summed E-state index contributed by atoms with van der Waals surface area (Å²) in [5, 5.41) is 3.91. The van der Waals surface area contributed by atoms with Crippen LogP contribution in [0.25, 0.3) is 20.8 Å². The third-order valence-electron chi connectivity index (χ3n) is 6.28. The number of carbonyl (C=O) groups is 1. The van der Waals surface area contributed by atoms with Gasteiger partial charge in [-0.25, -0.2) is 13.4 Å². The largest absolute Gasteiger partial charge is 0.495 e. The Balaban J connectivity index is 1.39. The molecule has 0 spiro atoms. The minimum absolute atomic E-state index is 0.0632. The molecule has 1 aromatic heterocycles. The van der Waals surface area contributed by atoms with E-state index in [1.165, 1.54) is 30.9 Å². The molecule has 0 aliphatic rings. The van der Waals surface area contributed by atoms with E-state index in [4.69, 9.17) is 21.3 Å². The summed E-state index contributed by atoms with van der Waals surface area (Å²) in [7, 11) is -2.62. The number of aryl methyl sites for hydroxylation is 2. The van der Waals surface area contributed by atoms with Gasteiger partial charge >= 0.3 is 0 Å². The van der Waals surface area contributed by atoms with Gasteiger partial charge in [-0.2, -0.15) is 0 Å². The summed E-state index contributed by atoms with van der Waals surface area (Å²) in [5.41, 5.74) is 4.73. The lowest BCUT2D eigenvalue weighted by Gasteiger charge is -2.24. The van der Waals surface area contributed by atoms with Crippen molar-refractivity contribution < 1.29 is 17.9 Å². The number of anilines is 2. The van der Waals surface area contributed by atoms with Crippen molar-refractivity contribution >= 4 is 60.5 Å². The number of hydrogen-bond acceptors (Lipinski definition) is 6. The van der Waals surface area contributed by atoms with Crippen molar-refractivity contribution in [3.05, 3.63) is 101 Å². The van der Waals surface area contributed by atoms with E-state index in [-0.39, 0.29) is 15.6 Å². The molecule has 0 aliphatic heterocycles. The number of sulfonamides is 1. The predicted octanol–water partition coefficient (Wildman–Crippen LogP) is 7.08. The zero-order valence-electron chi connectivity index (χ0n) is 22.0. The average molecular weight is 592 g/mol. The number of methoxy groups -OCH3 is 1. The first-order chi connectivity index (χ1) is 19.1. The molecular formula is C30H26ClN3O4S2. The number of ether oxygens (including phenoxy) is 1. The van der Waals surface area contributed by atoms with Crippen molar-refractivity contribution in [2.24, 2.45) is 0 Å². The Kier molecular flexibility index (Phi) is 7.80. The van der Waals surface area contributed by atoms with E-state index in [0.29, 0.717) is 11.4 Å². The molecule has 0 atom stereocenters. The molecule has 1 N–H and O–H groups in total. The molecule has 0 saturated heterocycles. The van der Waals surface area contributed by atoms with Gasteiger partial charge in [0, 0.05) is 11.3 Å². The van der Waals surface area contributed by atoms with Crippen LogP contribution in [-0.2, 0) is 14.8 Å². The molecular weight excluding hydrogens is 566 g/mol. The number of benzene rings is 4. The third-order valence-corrected chi connectivity index (χ3v) is 9.43. The summed E-state index contributed by atoms with van der Waals surface area (Å²) in [6.07, 6.45) is 0. The minimum atomic E-state index is -4.09. The van der Waals surface area contributed by atoms with Crippen molar-refractivity contribution in [1.29, 1.82) is 0 Å². The Bertz CT molecular complexity index is 1800. The molecule has 1 heterocycles. The standard InChI is InChI=1S/C30H26ClN3O4S2/c1-19-4-12-24(13-5-19)40(36,37)34(23-11-15-27(38-3)25(31)17-23)18-29(35)32-22-9-7-21(8-10-22)30-33-26-14-6-20(2)16-28(26)39-30/h4-17H,18H2,1-3H3,(H,32,35). The second-order valence-electron chi connectivity index (χ2n) is 9.26. The van der Waals surface area contributed by atoms with Crippen LogP contribution in [0.4, 0.5) is 11.4 Å². The zero-order chi connectivity index (χ0) is 28.4. The highest BCUT2D eigenvalue weighted by Crippen LogP contribution is 2.33. The Hall–Kier alpha value is -3.92. The number of nitrogens with zero attached hydrogens (tertiary/aromatic N) is 2. The summed E-state index contributed by atoms with van der Waals surface area (Å²) in [6.45, 7) is 3.46. The van der Waals surface area contributed by atoms with Crippen molar-refractivity contribution in [2.75, 3.05) is 23.3 Å². The summed E-state index contributed by atoms with van der Waals surface area (Å²) < 4.78 is 34.7. The van der Waals surface area contributed by atoms with Gasteiger partial charge < -0.3 is 10.1 Å². The Morgan fingerprint density at radius 1 is 0.950 bits per heavy atom. The van der Waals surface area contributed by atoms with Crippen molar-refractivity contribution in [3.63, 3.8) is 0 Å². The minimum Gasteiger partial charge on any atom is -0.495 e. The van der Waals surface area contributed by atoms with E-state index in [1.54, 1.807) is 47.7 Å². The number of hydrogen-bond donors (Lipinski definition) is 1. The fourth-order valence-corrected chi connectivity index (χ4v) is 6.88. The lowest BCUT2D eigenvalue weighted by atomic mass is 10.2. The molecule has 204 valence electrons. The Morgan fingerprint density at radius 3 is 2.33 bits per heavy atom. The van der Waals surface area contributed by atoms with E-state index in [0.717, 1.165) is 30.7 Å². The second kappa shape index (κ2) is 11.3. The molecule has 0 aliphatic carbocycles.